The van der Waals surface area contributed by atoms with Crippen molar-refractivity contribution in [1.82, 2.24) is 4.90 Å². The van der Waals surface area contributed by atoms with Gasteiger partial charge in [-0.05, 0) is 31.6 Å². The molecule has 0 bridgehead atoms. The molecule has 0 heterocycles. The van der Waals surface area contributed by atoms with Crippen LogP contribution < -0.4 is 4.74 Å². The van der Waals surface area contributed by atoms with Gasteiger partial charge in [-0.15, -0.1) is 12.4 Å². The van der Waals surface area contributed by atoms with Crippen LogP contribution in [0, 0.1) is 0 Å². The first-order valence-electron chi connectivity index (χ1n) is 6.88. The lowest BCUT2D eigenvalue weighted by atomic mass is 10.2. The Bertz CT molecular complexity index is 436. The SMILES string of the molecule is CCN(CC)CCCOC(=O)c1ccc(OC)cc1O.Cl. The standard InChI is InChI=1S/C15H23NO4.ClH/c1-4-16(5-2)9-6-10-20-15(18)13-8-7-12(19-3)11-14(13)17;/h7-8,11,17H,4-6,9-10H2,1-3H3;1H. The number of rotatable bonds is 8. The van der Waals surface area contributed by atoms with Gasteiger partial charge >= 0.3 is 5.97 Å². The highest BCUT2D eigenvalue weighted by Gasteiger charge is 2.13. The van der Waals surface area contributed by atoms with Crippen molar-refractivity contribution in [3.63, 3.8) is 0 Å². The maximum atomic E-state index is 11.8. The molecule has 21 heavy (non-hydrogen) atoms. The highest BCUT2D eigenvalue weighted by atomic mass is 35.5. The molecule has 0 fully saturated rings. The third-order valence-corrected chi connectivity index (χ3v) is 3.17. The van der Waals surface area contributed by atoms with E-state index in [1.54, 1.807) is 6.07 Å². The molecule has 0 saturated carbocycles. The van der Waals surface area contributed by atoms with E-state index in [2.05, 4.69) is 18.7 Å². The van der Waals surface area contributed by atoms with Gasteiger partial charge in [-0.1, -0.05) is 13.8 Å². The van der Waals surface area contributed by atoms with E-state index in [0.717, 1.165) is 26.1 Å². The van der Waals surface area contributed by atoms with Crippen molar-refractivity contribution >= 4 is 18.4 Å². The zero-order valence-electron chi connectivity index (χ0n) is 12.8. The van der Waals surface area contributed by atoms with Crippen molar-refractivity contribution in [1.29, 1.82) is 0 Å². The van der Waals surface area contributed by atoms with Crippen molar-refractivity contribution in [3.05, 3.63) is 23.8 Å². The van der Waals surface area contributed by atoms with Gasteiger partial charge in [0.25, 0.3) is 0 Å². The number of carbonyl (C=O) groups is 1. The molecule has 0 aromatic heterocycles. The molecule has 0 aliphatic carbocycles. The van der Waals surface area contributed by atoms with Crippen molar-refractivity contribution in [3.8, 4) is 11.5 Å². The van der Waals surface area contributed by atoms with E-state index in [1.165, 1.54) is 19.2 Å². The molecule has 0 saturated heterocycles. The molecule has 0 atom stereocenters. The van der Waals surface area contributed by atoms with Gasteiger partial charge < -0.3 is 19.5 Å². The molecule has 5 nitrogen and oxygen atoms in total. The minimum absolute atomic E-state index is 0. The zero-order chi connectivity index (χ0) is 15.0. The Balaban J connectivity index is 0.00000400. The van der Waals surface area contributed by atoms with Gasteiger partial charge in [-0.2, -0.15) is 0 Å². The fraction of sp³-hybridized carbons (Fsp3) is 0.533. The van der Waals surface area contributed by atoms with Gasteiger partial charge in [-0.3, -0.25) is 0 Å². The Morgan fingerprint density at radius 2 is 1.95 bits per heavy atom. The summed E-state index contributed by atoms with van der Waals surface area (Å²) in [5, 5.41) is 9.72. The first-order chi connectivity index (χ1) is 9.62. The summed E-state index contributed by atoms with van der Waals surface area (Å²) in [6, 6.07) is 4.51. The highest BCUT2D eigenvalue weighted by molar-refractivity contribution is 5.92. The van der Waals surface area contributed by atoms with Crippen molar-refractivity contribution in [2.45, 2.75) is 20.3 Å². The second-order valence-electron chi connectivity index (χ2n) is 4.40. The van der Waals surface area contributed by atoms with Gasteiger partial charge in [0, 0.05) is 12.6 Å². The Hall–Kier alpha value is -1.46. The predicted octanol–water partition coefficient (Wildman–Crippen LogP) is 2.71. The molecular weight excluding hydrogens is 294 g/mol. The van der Waals surface area contributed by atoms with Crippen molar-refractivity contribution in [2.75, 3.05) is 33.4 Å². The maximum Gasteiger partial charge on any atom is 0.341 e. The number of benzene rings is 1. The Kier molecular flexibility index (Phi) is 9.58. The number of aromatic hydroxyl groups is 1. The molecule has 0 aliphatic heterocycles. The number of phenolic OH excluding ortho intramolecular Hbond substituents is 1. The quantitative estimate of drug-likeness (QED) is 0.590. The predicted molar refractivity (Wildman–Crippen MR) is 84.6 cm³/mol. The molecule has 6 heteroatoms. The molecule has 0 unspecified atom stereocenters. The third-order valence-electron chi connectivity index (χ3n) is 3.17. The number of carbonyl (C=O) groups excluding carboxylic acids is 1. The summed E-state index contributed by atoms with van der Waals surface area (Å²) in [6.45, 7) is 7.43. The Morgan fingerprint density at radius 1 is 1.29 bits per heavy atom. The lowest BCUT2D eigenvalue weighted by Crippen LogP contribution is -2.25. The van der Waals surface area contributed by atoms with E-state index in [-0.39, 0.29) is 23.7 Å². The summed E-state index contributed by atoms with van der Waals surface area (Å²) >= 11 is 0. The smallest absolute Gasteiger partial charge is 0.341 e. The number of hydrogen-bond donors (Lipinski definition) is 1. The summed E-state index contributed by atoms with van der Waals surface area (Å²) in [7, 11) is 1.50. The monoisotopic (exact) mass is 317 g/mol. The summed E-state index contributed by atoms with van der Waals surface area (Å²) < 4.78 is 10.1. The van der Waals surface area contributed by atoms with Gasteiger partial charge in [0.2, 0.25) is 0 Å². The maximum absolute atomic E-state index is 11.8. The molecule has 0 spiro atoms. The molecule has 1 N–H and O–H groups in total. The highest BCUT2D eigenvalue weighted by Crippen LogP contribution is 2.23. The average molecular weight is 318 g/mol. The fourth-order valence-corrected chi connectivity index (χ4v) is 1.88. The number of esters is 1. The van der Waals surface area contributed by atoms with Crippen LogP contribution in [-0.2, 0) is 4.74 Å². The van der Waals surface area contributed by atoms with E-state index in [1.807, 2.05) is 0 Å². The molecule has 120 valence electrons. The zero-order valence-corrected chi connectivity index (χ0v) is 13.6. The lowest BCUT2D eigenvalue weighted by molar-refractivity contribution is 0.0486. The average Bonchev–Trinajstić information content (AvgIpc) is 2.47. The van der Waals surface area contributed by atoms with Crippen molar-refractivity contribution in [2.24, 2.45) is 0 Å². The molecule has 0 radical (unpaired) electrons. The minimum Gasteiger partial charge on any atom is -0.507 e. The van der Waals surface area contributed by atoms with E-state index >= 15 is 0 Å². The van der Waals surface area contributed by atoms with E-state index < -0.39 is 5.97 Å². The second kappa shape index (κ2) is 10.3. The van der Waals surface area contributed by atoms with Crippen LogP contribution in [0.3, 0.4) is 0 Å². The number of methoxy groups -OCH3 is 1. The van der Waals surface area contributed by atoms with Gasteiger partial charge in [0.15, 0.2) is 0 Å². The minimum atomic E-state index is -0.510. The molecule has 1 aromatic rings. The Labute approximate surface area is 132 Å². The normalized spacial score (nSPS) is 10.1. The largest absolute Gasteiger partial charge is 0.507 e. The molecule has 0 aliphatic rings. The molecule has 0 amide bonds. The van der Waals surface area contributed by atoms with Gasteiger partial charge in [-0.25, -0.2) is 4.79 Å². The van der Waals surface area contributed by atoms with Crippen LogP contribution in [0.15, 0.2) is 18.2 Å². The van der Waals surface area contributed by atoms with Crippen LogP contribution in [0.5, 0.6) is 11.5 Å². The Morgan fingerprint density at radius 3 is 2.48 bits per heavy atom. The van der Waals surface area contributed by atoms with Crippen LogP contribution in [-0.4, -0.2) is 49.3 Å². The molecular formula is C15H24ClNO4. The number of nitrogens with zero attached hydrogens (tertiary/aromatic N) is 1. The van der Waals surface area contributed by atoms with Crippen molar-refractivity contribution < 1.29 is 19.4 Å². The van der Waals surface area contributed by atoms with E-state index in [0.29, 0.717) is 12.4 Å². The van der Waals surface area contributed by atoms with Crippen LogP contribution in [0.2, 0.25) is 0 Å². The fourth-order valence-electron chi connectivity index (χ4n) is 1.88. The van der Waals surface area contributed by atoms with Crippen LogP contribution >= 0.6 is 12.4 Å². The molecule has 1 aromatic carbocycles. The van der Waals surface area contributed by atoms with Crippen LogP contribution in [0.25, 0.3) is 0 Å². The summed E-state index contributed by atoms with van der Waals surface area (Å²) in [4.78, 5) is 14.1. The van der Waals surface area contributed by atoms with Gasteiger partial charge in [0.05, 0.1) is 13.7 Å². The summed E-state index contributed by atoms with van der Waals surface area (Å²) in [5.41, 5.74) is 0.161. The lowest BCUT2D eigenvalue weighted by Gasteiger charge is -2.17. The summed E-state index contributed by atoms with van der Waals surface area (Å²) in [6.07, 6.45) is 0.782. The number of halogens is 1. The van der Waals surface area contributed by atoms with Gasteiger partial charge in [0.1, 0.15) is 17.1 Å². The van der Waals surface area contributed by atoms with Crippen LogP contribution in [0.1, 0.15) is 30.6 Å². The molecule has 1 rings (SSSR count). The topological polar surface area (TPSA) is 59.0 Å². The van der Waals surface area contributed by atoms with E-state index in [4.69, 9.17) is 9.47 Å². The number of hydrogen-bond acceptors (Lipinski definition) is 5. The number of ether oxygens (including phenoxy) is 2. The third kappa shape index (κ3) is 6.23. The first kappa shape index (κ1) is 19.5. The number of phenols is 1. The van der Waals surface area contributed by atoms with Crippen LogP contribution in [0.4, 0.5) is 0 Å². The van der Waals surface area contributed by atoms with E-state index in [9.17, 15) is 9.90 Å². The summed E-state index contributed by atoms with van der Waals surface area (Å²) in [5.74, 6) is -0.136. The first-order valence-corrected chi connectivity index (χ1v) is 6.88. The second-order valence-corrected chi connectivity index (χ2v) is 4.40.